The monoisotopic (exact) mass is 303 g/mol. The van der Waals surface area contributed by atoms with Crippen LogP contribution in [0.4, 0.5) is 4.39 Å². The Hall–Kier alpha value is -1.37. The lowest BCUT2D eigenvalue weighted by atomic mass is 10.2. The number of rotatable bonds is 5. The van der Waals surface area contributed by atoms with Gasteiger partial charge in [0.25, 0.3) is 0 Å². The Morgan fingerprint density at radius 2 is 2.05 bits per heavy atom. The zero-order valence-corrected chi connectivity index (χ0v) is 11.3. The summed E-state index contributed by atoms with van der Waals surface area (Å²) in [6, 6.07) is 7.32. The van der Waals surface area contributed by atoms with Gasteiger partial charge >= 0.3 is 0 Å². The van der Waals surface area contributed by atoms with Crippen LogP contribution in [0, 0.1) is 5.82 Å². The van der Waals surface area contributed by atoms with E-state index >= 15 is 0 Å². The Morgan fingerprint density at radius 1 is 1.26 bits per heavy atom. The smallest absolute Gasteiger partial charge is 0.216 e. The zero-order chi connectivity index (χ0) is 13.9. The SMILES string of the molecule is O=S(=O)(Cc1c(F)cccc1Cl)NCc1ccco1. The van der Waals surface area contributed by atoms with Crippen LogP contribution in [0.15, 0.2) is 41.0 Å². The molecule has 1 N–H and O–H groups in total. The minimum atomic E-state index is -3.69. The van der Waals surface area contributed by atoms with Gasteiger partial charge in [0.15, 0.2) is 0 Å². The molecular weight excluding hydrogens is 293 g/mol. The quantitative estimate of drug-likeness (QED) is 0.924. The fourth-order valence-electron chi connectivity index (χ4n) is 1.51. The maximum Gasteiger partial charge on any atom is 0.216 e. The third-order valence-corrected chi connectivity index (χ3v) is 4.05. The van der Waals surface area contributed by atoms with E-state index in [1.54, 1.807) is 12.1 Å². The molecule has 1 heterocycles. The van der Waals surface area contributed by atoms with E-state index in [0.717, 1.165) is 0 Å². The van der Waals surface area contributed by atoms with Crippen LogP contribution >= 0.6 is 11.6 Å². The summed E-state index contributed by atoms with van der Waals surface area (Å²) in [6.07, 6.45) is 1.44. The molecule has 0 saturated carbocycles. The van der Waals surface area contributed by atoms with Gasteiger partial charge in [-0.1, -0.05) is 17.7 Å². The first-order chi connectivity index (χ1) is 8.98. The molecule has 2 aromatic rings. The van der Waals surface area contributed by atoms with Crippen molar-refractivity contribution in [1.82, 2.24) is 4.72 Å². The summed E-state index contributed by atoms with van der Waals surface area (Å²) in [4.78, 5) is 0. The first kappa shape index (κ1) is 14.0. The number of furan rings is 1. The Balaban J connectivity index is 2.09. The summed E-state index contributed by atoms with van der Waals surface area (Å²) in [5, 5.41) is 0.0865. The molecule has 0 unspecified atom stereocenters. The third kappa shape index (κ3) is 3.79. The number of nitrogens with one attached hydrogen (secondary N) is 1. The van der Waals surface area contributed by atoms with Crippen molar-refractivity contribution in [3.63, 3.8) is 0 Å². The van der Waals surface area contributed by atoms with Crippen LogP contribution in [0.3, 0.4) is 0 Å². The lowest BCUT2D eigenvalue weighted by Crippen LogP contribution is -2.25. The topological polar surface area (TPSA) is 59.3 Å². The van der Waals surface area contributed by atoms with Crippen LogP contribution in [0.25, 0.3) is 0 Å². The van der Waals surface area contributed by atoms with Crippen molar-refractivity contribution in [2.24, 2.45) is 0 Å². The van der Waals surface area contributed by atoms with E-state index in [9.17, 15) is 12.8 Å². The molecule has 0 saturated heterocycles. The predicted octanol–water partition coefficient (Wildman–Crippen LogP) is 2.69. The van der Waals surface area contributed by atoms with Crippen LogP contribution in [0.5, 0.6) is 0 Å². The zero-order valence-electron chi connectivity index (χ0n) is 9.77. The number of hydrogen-bond acceptors (Lipinski definition) is 3. The second-order valence-corrected chi connectivity index (χ2v) is 6.07. The lowest BCUT2D eigenvalue weighted by Gasteiger charge is -2.08. The summed E-state index contributed by atoms with van der Waals surface area (Å²) < 4.78 is 44.5. The fraction of sp³-hybridized carbons (Fsp3) is 0.167. The van der Waals surface area contributed by atoms with Gasteiger partial charge in [0, 0.05) is 10.6 Å². The largest absolute Gasteiger partial charge is 0.468 e. The van der Waals surface area contributed by atoms with E-state index in [2.05, 4.69) is 4.72 Å². The standard InChI is InChI=1S/C12H11ClFNO3S/c13-11-4-1-5-12(14)10(11)8-19(16,17)15-7-9-3-2-6-18-9/h1-6,15H,7-8H2. The average molecular weight is 304 g/mol. The highest BCUT2D eigenvalue weighted by atomic mass is 35.5. The van der Waals surface area contributed by atoms with Crippen molar-refractivity contribution < 1.29 is 17.2 Å². The molecule has 2 rings (SSSR count). The highest BCUT2D eigenvalue weighted by Gasteiger charge is 2.17. The molecule has 7 heteroatoms. The minimum absolute atomic E-state index is 0.0153. The van der Waals surface area contributed by atoms with Crippen molar-refractivity contribution in [2.45, 2.75) is 12.3 Å². The highest BCUT2D eigenvalue weighted by Crippen LogP contribution is 2.21. The van der Waals surface area contributed by atoms with Crippen LogP contribution in [-0.2, 0) is 22.3 Å². The number of halogens is 2. The molecule has 102 valence electrons. The summed E-state index contributed by atoms with van der Waals surface area (Å²) >= 11 is 5.78. The van der Waals surface area contributed by atoms with Gasteiger partial charge in [-0.2, -0.15) is 0 Å². The number of hydrogen-bond donors (Lipinski definition) is 1. The van der Waals surface area contributed by atoms with Gasteiger partial charge in [-0.3, -0.25) is 0 Å². The second kappa shape index (κ2) is 5.73. The molecule has 0 aliphatic carbocycles. The molecule has 0 amide bonds. The molecule has 1 aromatic heterocycles. The summed E-state index contributed by atoms with van der Waals surface area (Å²) in [5.41, 5.74) is -0.0453. The van der Waals surface area contributed by atoms with Gasteiger partial charge < -0.3 is 4.42 Å². The van der Waals surface area contributed by atoms with E-state index in [1.807, 2.05) is 0 Å². The van der Waals surface area contributed by atoms with Crippen LogP contribution in [-0.4, -0.2) is 8.42 Å². The molecule has 0 bridgehead atoms. The molecule has 0 spiro atoms. The predicted molar refractivity (Wildman–Crippen MR) is 69.6 cm³/mol. The Bertz CT molecular complexity index is 635. The molecule has 1 aromatic carbocycles. The Morgan fingerprint density at radius 3 is 2.68 bits per heavy atom. The van der Waals surface area contributed by atoms with Gasteiger partial charge in [-0.05, 0) is 24.3 Å². The maximum atomic E-state index is 13.5. The third-order valence-electron chi connectivity index (χ3n) is 2.44. The first-order valence-corrected chi connectivity index (χ1v) is 7.43. The van der Waals surface area contributed by atoms with Crippen molar-refractivity contribution >= 4 is 21.6 Å². The van der Waals surface area contributed by atoms with Crippen LogP contribution in [0.1, 0.15) is 11.3 Å². The van der Waals surface area contributed by atoms with Crippen LogP contribution in [0.2, 0.25) is 5.02 Å². The van der Waals surface area contributed by atoms with E-state index in [4.69, 9.17) is 16.0 Å². The Labute approximate surface area is 115 Å². The molecule has 0 atom stereocenters. The van der Waals surface area contributed by atoms with Gasteiger partial charge in [0.2, 0.25) is 10.0 Å². The van der Waals surface area contributed by atoms with Gasteiger partial charge in [0.05, 0.1) is 18.6 Å². The van der Waals surface area contributed by atoms with Crippen molar-refractivity contribution in [3.8, 4) is 0 Å². The summed E-state index contributed by atoms with van der Waals surface area (Å²) in [5.74, 6) is -0.682. The van der Waals surface area contributed by atoms with Crippen LogP contribution < -0.4 is 4.72 Å². The average Bonchev–Trinajstić information content (AvgIpc) is 2.85. The molecule has 0 aliphatic rings. The van der Waals surface area contributed by atoms with Gasteiger partial charge in [0.1, 0.15) is 11.6 Å². The minimum Gasteiger partial charge on any atom is -0.468 e. The highest BCUT2D eigenvalue weighted by molar-refractivity contribution is 7.88. The molecule has 0 fully saturated rings. The van der Waals surface area contributed by atoms with Crippen molar-refractivity contribution in [2.75, 3.05) is 0 Å². The summed E-state index contributed by atoms with van der Waals surface area (Å²) in [7, 11) is -3.69. The van der Waals surface area contributed by atoms with E-state index in [1.165, 1.54) is 24.5 Å². The lowest BCUT2D eigenvalue weighted by molar-refractivity contribution is 0.498. The van der Waals surface area contributed by atoms with E-state index in [-0.39, 0.29) is 17.1 Å². The molecule has 0 radical (unpaired) electrons. The number of sulfonamides is 1. The molecule has 4 nitrogen and oxygen atoms in total. The molecule has 19 heavy (non-hydrogen) atoms. The normalized spacial score (nSPS) is 11.7. The van der Waals surface area contributed by atoms with E-state index < -0.39 is 21.6 Å². The Kier molecular flexibility index (Phi) is 4.24. The van der Waals surface area contributed by atoms with Gasteiger partial charge in [-0.15, -0.1) is 0 Å². The second-order valence-electron chi connectivity index (χ2n) is 3.86. The summed E-state index contributed by atoms with van der Waals surface area (Å²) in [6.45, 7) is 0.0153. The fourth-order valence-corrected chi connectivity index (χ4v) is 2.95. The molecular formula is C12H11ClFNO3S. The van der Waals surface area contributed by atoms with Gasteiger partial charge in [-0.25, -0.2) is 17.5 Å². The van der Waals surface area contributed by atoms with Crippen molar-refractivity contribution in [3.05, 3.63) is 58.8 Å². The van der Waals surface area contributed by atoms with E-state index in [0.29, 0.717) is 5.76 Å². The van der Waals surface area contributed by atoms with Crippen molar-refractivity contribution in [1.29, 1.82) is 0 Å². The molecule has 0 aliphatic heterocycles. The number of benzene rings is 1. The first-order valence-electron chi connectivity index (χ1n) is 5.40. The maximum absolute atomic E-state index is 13.5.